The second-order valence-corrected chi connectivity index (χ2v) is 7.62. The summed E-state index contributed by atoms with van der Waals surface area (Å²) in [4.78, 5) is 0. The van der Waals surface area contributed by atoms with Crippen LogP contribution in [0.25, 0.3) is 0 Å². The Morgan fingerprint density at radius 3 is 2.38 bits per heavy atom. The predicted molar refractivity (Wildman–Crippen MR) is 110 cm³/mol. The van der Waals surface area contributed by atoms with Crippen molar-refractivity contribution in [2.75, 3.05) is 6.61 Å². The van der Waals surface area contributed by atoms with Crippen molar-refractivity contribution in [3.63, 3.8) is 0 Å². The summed E-state index contributed by atoms with van der Waals surface area (Å²) in [6.07, 6.45) is 19.6. The minimum atomic E-state index is 0.155. The summed E-state index contributed by atoms with van der Waals surface area (Å²) in [5.41, 5.74) is 6.91. The van der Waals surface area contributed by atoms with E-state index in [0.29, 0.717) is 0 Å². The van der Waals surface area contributed by atoms with Crippen LogP contribution in [-0.2, 0) is 4.74 Å². The average molecular weight is 355 g/mol. The van der Waals surface area contributed by atoms with Crippen LogP contribution in [-0.4, -0.2) is 6.61 Å². The van der Waals surface area contributed by atoms with Gasteiger partial charge in [-0.2, -0.15) is 0 Å². The van der Waals surface area contributed by atoms with E-state index < -0.39 is 0 Å². The van der Waals surface area contributed by atoms with Gasteiger partial charge in [-0.05, 0) is 77.9 Å². The normalized spacial score (nSPS) is 18.6. The monoisotopic (exact) mass is 354 g/mol. The first-order valence-electron chi connectivity index (χ1n) is 9.81. The minimum Gasteiger partial charge on any atom is -0.472 e. The molecule has 2 heterocycles. The molecule has 0 bridgehead atoms. The molecule has 0 aliphatic carbocycles. The second kappa shape index (κ2) is 11.0. The van der Waals surface area contributed by atoms with Crippen LogP contribution in [0.5, 0.6) is 0 Å². The van der Waals surface area contributed by atoms with Crippen LogP contribution in [0, 0.1) is 0 Å². The summed E-state index contributed by atoms with van der Waals surface area (Å²) >= 11 is 0. The molecule has 2 rings (SSSR count). The number of ether oxygens (including phenoxy) is 1. The van der Waals surface area contributed by atoms with Gasteiger partial charge in [-0.3, -0.25) is 0 Å². The third-order valence-corrected chi connectivity index (χ3v) is 4.84. The number of rotatable bonds is 9. The lowest BCUT2D eigenvalue weighted by Crippen LogP contribution is -2.11. The number of hydrogen-bond acceptors (Lipinski definition) is 2. The van der Waals surface area contributed by atoms with Crippen LogP contribution < -0.4 is 0 Å². The molecule has 0 N–H and O–H groups in total. The molecule has 0 radical (unpaired) electrons. The lowest BCUT2D eigenvalue weighted by Gasteiger charge is -2.21. The van der Waals surface area contributed by atoms with Gasteiger partial charge in [-0.1, -0.05) is 41.0 Å². The van der Waals surface area contributed by atoms with Crippen LogP contribution >= 0.6 is 0 Å². The molecular formula is C24H34O2. The summed E-state index contributed by atoms with van der Waals surface area (Å²) in [5, 5.41) is 0. The maximum Gasteiger partial charge on any atom is 0.0960 e. The van der Waals surface area contributed by atoms with Crippen LogP contribution in [0.2, 0.25) is 0 Å². The molecule has 1 unspecified atom stereocenters. The summed E-state index contributed by atoms with van der Waals surface area (Å²) in [6, 6.07) is 1.99. The first kappa shape index (κ1) is 20.5. The summed E-state index contributed by atoms with van der Waals surface area (Å²) in [5.74, 6) is 0. The number of furan rings is 1. The Bertz CT molecular complexity index is 652. The molecule has 0 fully saturated rings. The van der Waals surface area contributed by atoms with Gasteiger partial charge in [0, 0.05) is 5.56 Å². The first-order chi connectivity index (χ1) is 12.5. The third-order valence-electron chi connectivity index (χ3n) is 4.84. The summed E-state index contributed by atoms with van der Waals surface area (Å²) in [6.45, 7) is 9.54. The maximum absolute atomic E-state index is 5.96. The molecule has 2 heteroatoms. The molecule has 2 nitrogen and oxygen atoms in total. The van der Waals surface area contributed by atoms with E-state index in [-0.39, 0.29) is 6.10 Å². The molecule has 0 spiro atoms. The van der Waals surface area contributed by atoms with Gasteiger partial charge < -0.3 is 9.15 Å². The topological polar surface area (TPSA) is 22.4 Å². The molecule has 1 aromatic rings. The van der Waals surface area contributed by atoms with Gasteiger partial charge >= 0.3 is 0 Å². The largest absolute Gasteiger partial charge is 0.472 e. The van der Waals surface area contributed by atoms with E-state index in [1.54, 1.807) is 12.5 Å². The van der Waals surface area contributed by atoms with Crippen LogP contribution in [0.3, 0.4) is 0 Å². The zero-order chi connectivity index (χ0) is 18.8. The lowest BCUT2D eigenvalue weighted by atomic mass is 10.0. The molecule has 1 aromatic heterocycles. The van der Waals surface area contributed by atoms with Crippen molar-refractivity contribution >= 4 is 0 Å². The Morgan fingerprint density at radius 1 is 1.04 bits per heavy atom. The van der Waals surface area contributed by atoms with E-state index in [0.717, 1.165) is 44.3 Å². The van der Waals surface area contributed by atoms with Crippen LogP contribution in [0.15, 0.2) is 69.6 Å². The summed E-state index contributed by atoms with van der Waals surface area (Å²) in [7, 11) is 0. The van der Waals surface area contributed by atoms with Gasteiger partial charge in [-0.25, -0.2) is 0 Å². The van der Waals surface area contributed by atoms with Gasteiger partial charge in [0.15, 0.2) is 0 Å². The van der Waals surface area contributed by atoms with E-state index in [1.807, 2.05) is 6.07 Å². The number of hydrogen-bond donors (Lipinski definition) is 0. The highest BCUT2D eigenvalue weighted by Gasteiger charge is 2.17. The van der Waals surface area contributed by atoms with E-state index in [9.17, 15) is 0 Å². The fourth-order valence-electron chi connectivity index (χ4n) is 3.09. The molecular weight excluding hydrogens is 320 g/mol. The van der Waals surface area contributed by atoms with Gasteiger partial charge in [0.2, 0.25) is 0 Å². The smallest absolute Gasteiger partial charge is 0.0960 e. The molecule has 142 valence electrons. The Morgan fingerprint density at radius 2 is 1.77 bits per heavy atom. The molecule has 1 atom stereocenters. The van der Waals surface area contributed by atoms with Crippen molar-refractivity contribution in [2.24, 2.45) is 0 Å². The third kappa shape index (κ3) is 7.61. The average Bonchev–Trinajstić information content (AvgIpc) is 3.15. The summed E-state index contributed by atoms with van der Waals surface area (Å²) < 4.78 is 11.1. The maximum atomic E-state index is 5.96. The fourth-order valence-corrected chi connectivity index (χ4v) is 3.09. The zero-order valence-corrected chi connectivity index (χ0v) is 16.9. The van der Waals surface area contributed by atoms with E-state index in [1.165, 1.54) is 28.7 Å². The molecule has 0 aromatic carbocycles. The lowest BCUT2D eigenvalue weighted by molar-refractivity contribution is 0.0603. The van der Waals surface area contributed by atoms with Crippen molar-refractivity contribution < 1.29 is 9.15 Å². The minimum absolute atomic E-state index is 0.155. The molecule has 1 aliphatic rings. The van der Waals surface area contributed by atoms with Gasteiger partial charge in [0.25, 0.3) is 0 Å². The Balaban J connectivity index is 1.69. The number of allylic oxidation sites excluding steroid dienone is 6. The first-order valence-corrected chi connectivity index (χ1v) is 9.81. The van der Waals surface area contributed by atoms with Gasteiger partial charge in [-0.15, -0.1) is 0 Å². The van der Waals surface area contributed by atoms with Crippen LogP contribution in [0.4, 0.5) is 0 Å². The molecule has 1 aliphatic heterocycles. The van der Waals surface area contributed by atoms with Crippen molar-refractivity contribution in [3.05, 3.63) is 70.8 Å². The fraction of sp³-hybridized carbons (Fsp3) is 0.500. The van der Waals surface area contributed by atoms with Crippen molar-refractivity contribution in [1.82, 2.24) is 0 Å². The second-order valence-electron chi connectivity index (χ2n) is 7.62. The quantitative estimate of drug-likeness (QED) is 0.429. The van der Waals surface area contributed by atoms with E-state index >= 15 is 0 Å². The van der Waals surface area contributed by atoms with Crippen molar-refractivity contribution in [3.8, 4) is 0 Å². The zero-order valence-electron chi connectivity index (χ0n) is 16.9. The highest BCUT2D eigenvalue weighted by atomic mass is 16.5. The van der Waals surface area contributed by atoms with Crippen LogP contribution in [0.1, 0.15) is 77.9 Å². The Labute approximate surface area is 159 Å². The SMILES string of the molecule is CC(C)=CCC/C(C)=C/CC/C(C)=C/CC1=CCC(c2ccoc2)OC1. The van der Waals surface area contributed by atoms with E-state index in [4.69, 9.17) is 9.15 Å². The van der Waals surface area contributed by atoms with Gasteiger partial charge in [0.1, 0.15) is 0 Å². The predicted octanol–water partition coefficient (Wildman–Crippen LogP) is 7.48. The molecule has 0 saturated carbocycles. The highest BCUT2D eigenvalue weighted by Crippen LogP contribution is 2.28. The molecule has 0 amide bonds. The Kier molecular flexibility index (Phi) is 8.70. The molecule has 0 saturated heterocycles. The van der Waals surface area contributed by atoms with Gasteiger partial charge in [0.05, 0.1) is 25.2 Å². The standard InChI is InChI=1S/C24H34O2/c1-19(2)7-5-8-20(3)9-6-10-21(4)11-12-22-13-14-24(26-17-22)23-15-16-25-18-23/h7,9,11,13,15-16,18,24H,5-6,8,10,12,14,17H2,1-4H3/b20-9+,21-11+. The van der Waals surface area contributed by atoms with Crippen molar-refractivity contribution in [2.45, 2.75) is 72.3 Å². The van der Waals surface area contributed by atoms with E-state index in [2.05, 4.69) is 52.0 Å². The molecule has 26 heavy (non-hydrogen) atoms. The van der Waals surface area contributed by atoms with Crippen molar-refractivity contribution in [1.29, 1.82) is 0 Å². The Hall–Kier alpha value is -1.80. The highest BCUT2D eigenvalue weighted by molar-refractivity contribution is 5.18.